The summed E-state index contributed by atoms with van der Waals surface area (Å²) in [7, 11) is 1.99. The van der Waals surface area contributed by atoms with Gasteiger partial charge in [-0.1, -0.05) is 38.8 Å². The molecule has 0 spiro atoms. The highest BCUT2D eigenvalue weighted by atomic mass is 19.1. The minimum atomic E-state index is -0.0913. The third-order valence-corrected chi connectivity index (χ3v) is 4.86. The highest BCUT2D eigenvalue weighted by molar-refractivity contribution is 5.26. The van der Waals surface area contributed by atoms with Crippen molar-refractivity contribution in [2.24, 2.45) is 11.3 Å². The van der Waals surface area contributed by atoms with E-state index in [0.29, 0.717) is 11.3 Å². The van der Waals surface area contributed by atoms with Crippen LogP contribution in [-0.4, -0.2) is 7.05 Å². The maximum atomic E-state index is 13.8. The average molecular weight is 263 g/mol. The summed E-state index contributed by atoms with van der Waals surface area (Å²) in [5.41, 5.74) is 2.14. The van der Waals surface area contributed by atoms with Crippen LogP contribution in [0.2, 0.25) is 0 Å². The van der Waals surface area contributed by atoms with Crippen LogP contribution in [0.1, 0.15) is 56.7 Å². The maximum absolute atomic E-state index is 13.8. The Morgan fingerprint density at radius 2 is 2.05 bits per heavy atom. The predicted molar refractivity (Wildman–Crippen MR) is 78.7 cm³/mol. The summed E-state index contributed by atoms with van der Waals surface area (Å²) in [5.74, 6) is 0.486. The van der Waals surface area contributed by atoms with Gasteiger partial charge in [-0.05, 0) is 55.3 Å². The Bertz CT molecular complexity index is 439. The van der Waals surface area contributed by atoms with Gasteiger partial charge in [0.05, 0.1) is 0 Å². The molecule has 0 heterocycles. The summed E-state index contributed by atoms with van der Waals surface area (Å²) in [5, 5.41) is 3.42. The van der Waals surface area contributed by atoms with E-state index in [1.54, 1.807) is 6.07 Å². The van der Waals surface area contributed by atoms with Gasteiger partial charge >= 0.3 is 0 Å². The minimum Gasteiger partial charge on any atom is -0.313 e. The van der Waals surface area contributed by atoms with Crippen molar-refractivity contribution in [2.75, 3.05) is 7.05 Å². The van der Waals surface area contributed by atoms with Crippen LogP contribution in [0, 0.1) is 24.1 Å². The molecule has 1 fully saturated rings. The molecular formula is C17H26FN. The molecular weight excluding hydrogens is 237 g/mol. The van der Waals surface area contributed by atoms with E-state index in [9.17, 15) is 4.39 Å². The van der Waals surface area contributed by atoms with Gasteiger partial charge in [0.2, 0.25) is 0 Å². The van der Waals surface area contributed by atoms with Crippen molar-refractivity contribution in [3.63, 3.8) is 0 Å². The maximum Gasteiger partial charge on any atom is 0.126 e. The molecule has 2 rings (SSSR count). The molecule has 1 saturated carbocycles. The lowest BCUT2D eigenvalue weighted by Gasteiger charge is -2.43. The number of halogens is 1. The molecule has 2 atom stereocenters. The van der Waals surface area contributed by atoms with E-state index in [0.717, 1.165) is 11.1 Å². The van der Waals surface area contributed by atoms with Gasteiger partial charge in [0, 0.05) is 6.04 Å². The SMILES string of the molecule is CNC(c1ccc(C)c(F)c1)C1CCCCC1(C)C. The minimum absolute atomic E-state index is 0.0913. The van der Waals surface area contributed by atoms with Crippen LogP contribution in [0.4, 0.5) is 4.39 Å². The van der Waals surface area contributed by atoms with Gasteiger partial charge in [-0.15, -0.1) is 0 Å². The second kappa shape index (κ2) is 5.62. The topological polar surface area (TPSA) is 12.0 Å². The molecule has 0 aromatic heterocycles. The number of hydrogen-bond acceptors (Lipinski definition) is 1. The van der Waals surface area contributed by atoms with Crippen LogP contribution in [0.5, 0.6) is 0 Å². The van der Waals surface area contributed by atoms with Crippen molar-refractivity contribution in [3.05, 3.63) is 35.1 Å². The first-order valence-corrected chi connectivity index (χ1v) is 7.39. The van der Waals surface area contributed by atoms with Crippen LogP contribution < -0.4 is 5.32 Å². The Morgan fingerprint density at radius 1 is 1.32 bits per heavy atom. The van der Waals surface area contributed by atoms with Crippen molar-refractivity contribution in [1.29, 1.82) is 0 Å². The standard InChI is InChI=1S/C17H26FN/c1-12-8-9-13(11-15(12)18)16(19-4)14-7-5-6-10-17(14,2)3/h8-9,11,14,16,19H,5-7,10H2,1-4H3. The number of aryl methyl sites for hydroxylation is 1. The zero-order valence-electron chi connectivity index (χ0n) is 12.6. The van der Waals surface area contributed by atoms with Gasteiger partial charge in [-0.25, -0.2) is 4.39 Å². The third kappa shape index (κ3) is 3.00. The molecule has 1 nitrogen and oxygen atoms in total. The number of benzene rings is 1. The van der Waals surface area contributed by atoms with Gasteiger partial charge in [-0.2, -0.15) is 0 Å². The van der Waals surface area contributed by atoms with Gasteiger partial charge in [-0.3, -0.25) is 0 Å². The quantitative estimate of drug-likeness (QED) is 0.839. The fourth-order valence-corrected chi connectivity index (χ4v) is 3.54. The van der Waals surface area contributed by atoms with E-state index < -0.39 is 0 Å². The summed E-state index contributed by atoms with van der Waals surface area (Å²) < 4.78 is 13.8. The average Bonchev–Trinajstić information content (AvgIpc) is 2.36. The van der Waals surface area contributed by atoms with Crippen LogP contribution in [-0.2, 0) is 0 Å². The van der Waals surface area contributed by atoms with Crippen LogP contribution in [0.25, 0.3) is 0 Å². The Kier molecular flexibility index (Phi) is 4.29. The lowest BCUT2D eigenvalue weighted by Crippen LogP contribution is -2.37. The Labute approximate surface area is 116 Å². The van der Waals surface area contributed by atoms with E-state index >= 15 is 0 Å². The molecule has 0 aliphatic heterocycles. The number of hydrogen-bond donors (Lipinski definition) is 1. The molecule has 1 aromatic rings. The van der Waals surface area contributed by atoms with E-state index in [4.69, 9.17) is 0 Å². The van der Waals surface area contributed by atoms with Gasteiger partial charge in [0.1, 0.15) is 5.82 Å². The van der Waals surface area contributed by atoms with Crippen LogP contribution in [0.3, 0.4) is 0 Å². The molecule has 0 amide bonds. The van der Waals surface area contributed by atoms with Crippen molar-refractivity contribution in [3.8, 4) is 0 Å². The predicted octanol–water partition coefficient (Wildman–Crippen LogP) is 4.61. The highest BCUT2D eigenvalue weighted by Crippen LogP contribution is 2.46. The van der Waals surface area contributed by atoms with E-state index in [1.807, 2.05) is 20.0 Å². The molecule has 19 heavy (non-hydrogen) atoms. The first-order chi connectivity index (χ1) is 8.95. The van der Waals surface area contributed by atoms with E-state index in [1.165, 1.54) is 25.7 Å². The van der Waals surface area contributed by atoms with Crippen LogP contribution >= 0.6 is 0 Å². The zero-order chi connectivity index (χ0) is 14.0. The van der Waals surface area contributed by atoms with Crippen molar-refractivity contribution >= 4 is 0 Å². The largest absolute Gasteiger partial charge is 0.313 e. The summed E-state index contributed by atoms with van der Waals surface area (Å²) in [4.78, 5) is 0. The molecule has 0 radical (unpaired) electrons. The lowest BCUT2D eigenvalue weighted by molar-refractivity contribution is 0.101. The van der Waals surface area contributed by atoms with Gasteiger partial charge < -0.3 is 5.32 Å². The molecule has 1 aromatic carbocycles. The zero-order valence-corrected chi connectivity index (χ0v) is 12.6. The Hall–Kier alpha value is -0.890. The Morgan fingerprint density at radius 3 is 2.63 bits per heavy atom. The fraction of sp³-hybridized carbons (Fsp3) is 0.647. The molecule has 0 bridgehead atoms. The molecule has 106 valence electrons. The van der Waals surface area contributed by atoms with E-state index in [2.05, 4.69) is 25.2 Å². The molecule has 1 N–H and O–H groups in total. The van der Waals surface area contributed by atoms with Crippen molar-refractivity contribution in [1.82, 2.24) is 5.32 Å². The molecule has 0 saturated heterocycles. The number of rotatable bonds is 3. The summed E-state index contributed by atoms with van der Waals surface area (Å²) in [6, 6.07) is 5.93. The fourth-order valence-electron chi connectivity index (χ4n) is 3.54. The summed E-state index contributed by atoms with van der Waals surface area (Å²) in [6.07, 6.45) is 5.11. The third-order valence-electron chi connectivity index (χ3n) is 4.86. The second-order valence-electron chi connectivity index (χ2n) is 6.62. The normalized spacial score (nSPS) is 24.2. The molecule has 2 unspecified atom stereocenters. The molecule has 1 aliphatic carbocycles. The smallest absolute Gasteiger partial charge is 0.126 e. The van der Waals surface area contributed by atoms with Gasteiger partial charge in [0.15, 0.2) is 0 Å². The van der Waals surface area contributed by atoms with Crippen molar-refractivity contribution < 1.29 is 4.39 Å². The Balaban J connectivity index is 2.30. The first-order valence-electron chi connectivity index (χ1n) is 7.39. The van der Waals surface area contributed by atoms with E-state index in [-0.39, 0.29) is 11.9 Å². The van der Waals surface area contributed by atoms with Gasteiger partial charge in [0.25, 0.3) is 0 Å². The lowest BCUT2D eigenvalue weighted by atomic mass is 9.65. The molecule has 1 aliphatic rings. The second-order valence-corrected chi connectivity index (χ2v) is 6.62. The summed E-state index contributed by atoms with van der Waals surface area (Å²) >= 11 is 0. The monoisotopic (exact) mass is 263 g/mol. The first kappa shape index (κ1) is 14.5. The molecule has 2 heteroatoms. The number of nitrogens with one attached hydrogen (secondary N) is 1. The summed E-state index contributed by atoms with van der Waals surface area (Å²) in [6.45, 7) is 6.52. The van der Waals surface area contributed by atoms with Crippen LogP contribution in [0.15, 0.2) is 18.2 Å². The van der Waals surface area contributed by atoms with Crippen molar-refractivity contribution in [2.45, 2.75) is 52.5 Å². The highest BCUT2D eigenvalue weighted by Gasteiger charge is 2.37.